The Balaban J connectivity index is 1.06. The molecule has 202 valence electrons. The number of hydrogen-bond acceptors (Lipinski definition) is 6. The van der Waals surface area contributed by atoms with E-state index in [1.165, 1.54) is 18.2 Å². The topological polar surface area (TPSA) is 93.2 Å². The quantitative estimate of drug-likeness (QED) is 0.304. The average Bonchev–Trinajstić information content (AvgIpc) is 3.46. The minimum Gasteiger partial charge on any atom is -0.448 e. The van der Waals surface area contributed by atoms with Crippen LogP contribution in [0, 0.1) is 0 Å². The number of rotatable bonds is 4. The second-order valence-corrected chi connectivity index (χ2v) is 10.2. The fourth-order valence-electron chi connectivity index (χ4n) is 5.97. The number of anilines is 1. The third-order valence-electron chi connectivity index (χ3n) is 7.92. The molecular weight excluding hydrogens is 520 g/mol. The number of benzene rings is 4. The predicted molar refractivity (Wildman–Crippen MR) is 150 cm³/mol. The summed E-state index contributed by atoms with van der Waals surface area (Å²) in [7, 11) is 0. The lowest BCUT2D eigenvalue weighted by atomic mass is 9.98. The lowest BCUT2D eigenvalue weighted by molar-refractivity contribution is -0.0584. The molecule has 7 rings (SSSR count). The van der Waals surface area contributed by atoms with Crippen LogP contribution in [0.1, 0.15) is 60.1 Å². The van der Waals surface area contributed by atoms with Crippen LogP contribution < -0.4 is 4.90 Å². The highest BCUT2D eigenvalue weighted by atomic mass is 16.7. The van der Waals surface area contributed by atoms with Gasteiger partial charge in [0.2, 0.25) is 0 Å². The number of ether oxygens (including phenoxy) is 1. The average molecular weight is 545 g/mol. The van der Waals surface area contributed by atoms with Crippen LogP contribution in [0.2, 0.25) is 0 Å². The van der Waals surface area contributed by atoms with Gasteiger partial charge in [-0.05, 0) is 71.0 Å². The van der Waals surface area contributed by atoms with Crippen LogP contribution in [0.3, 0.4) is 0 Å². The molecule has 8 nitrogen and oxygen atoms in total. The molecule has 0 unspecified atom stereocenters. The number of hydroxylamine groups is 2. The first kappa shape index (κ1) is 24.8. The van der Waals surface area contributed by atoms with E-state index in [1.807, 2.05) is 24.3 Å². The minimum absolute atomic E-state index is 0.0464. The Labute approximate surface area is 235 Å². The molecule has 0 atom stereocenters. The van der Waals surface area contributed by atoms with Crippen LogP contribution in [-0.2, 0) is 16.0 Å². The Morgan fingerprint density at radius 3 is 1.98 bits per heavy atom. The molecule has 41 heavy (non-hydrogen) atoms. The number of nitrogens with zero attached hydrogens (tertiary/aromatic N) is 2. The van der Waals surface area contributed by atoms with E-state index in [0.717, 1.165) is 27.8 Å². The number of carbonyl (C=O) groups is 4. The molecule has 4 aromatic carbocycles. The number of carbonyl (C=O) groups excluding carboxylic acids is 4. The van der Waals surface area contributed by atoms with Gasteiger partial charge in [-0.25, -0.2) is 9.59 Å². The third kappa shape index (κ3) is 4.07. The normalized spacial score (nSPS) is 15.2. The monoisotopic (exact) mass is 544 g/mol. The molecular formula is C33H24N2O6. The highest BCUT2D eigenvalue weighted by molar-refractivity contribution is 6.21. The van der Waals surface area contributed by atoms with Crippen molar-refractivity contribution in [1.29, 1.82) is 0 Å². The van der Waals surface area contributed by atoms with E-state index in [2.05, 4.69) is 24.3 Å². The number of imide groups is 1. The minimum atomic E-state index is -0.833. The van der Waals surface area contributed by atoms with E-state index < -0.39 is 23.9 Å². The summed E-state index contributed by atoms with van der Waals surface area (Å²) in [5.74, 6) is -2.24. The Kier molecular flexibility index (Phi) is 5.89. The first-order valence-electron chi connectivity index (χ1n) is 13.5. The standard InChI is InChI=1S/C33H24N2O6/c36-30-26-13-5-6-14-27(26)31(37)35(30)41-32(38)21-15-16-29-20(18-21)8-7-17-34(29)33(39)40-19-28-24-11-3-1-9-22(24)23-10-2-4-12-25(23)28/h1-6,9-16,18,28H,7-8,17,19H2. The van der Waals surface area contributed by atoms with E-state index in [0.29, 0.717) is 30.1 Å². The molecule has 8 heteroatoms. The van der Waals surface area contributed by atoms with E-state index in [1.54, 1.807) is 29.2 Å². The van der Waals surface area contributed by atoms with Crippen molar-refractivity contribution < 1.29 is 28.8 Å². The maximum absolute atomic E-state index is 13.3. The van der Waals surface area contributed by atoms with Crippen LogP contribution >= 0.6 is 0 Å². The third-order valence-corrected chi connectivity index (χ3v) is 7.92. The van der Waals surface area contributed by atoms with E-state index in [-0.39, 0.29) is 29.2 Å². The van der Waals surface area contributed by atoms with Crippen LogP contribution in [0.25, 0.3) is 11.1 Å². The lowest BCUT2D eigenvalue weighted by Gasteiger charge is -2.29. The summed E-state index contributed by atoms with van der Waals surface area (Å²) in [5.41, 5.74) is 6.59. The lowest BCUT2D eigenvalue weighted by Crippen LogP contribution is -2.37. The van der Waals surface area contributed by atoms with Crippen molar-refractivity contribution in [2.24, 2.45) is 0 Å². The Morgan fingerprint density at radius 2 is 1.34 bits per heavy atom. The summed E-state index contributed by atoms with van der Waals surface area (Å²) >= 11 is 0. The van der Waals surface area contributed by atoms with Gasteiger partial charge in [0.15, 0.2) is 0 Å². The predicted octanol–water partition coefficient (Wildman–Crippen LogP) is 5.76. The number of hydrogen-bond donors (Lipinski definition) is 0. The molecule has 0 radical (unpaired) electrons. The molecule has 4 aromatic rings. The first-order valence-corrected chi connectivity index (χ1v) is 13.5. The highest BCUT2D eigenvalue weighted by Crippen LogP contribution is 2.44. The summed E-state index contributed by atoms with van der Waals surface area (Å²) < 4.78 is 5.87. The zero-order valence-corrected chi connectivity index (χ0v) is 21.9. The summed E-state index contributed by atoms with van der Waals surface area (Å²) in [5, 5.41) is 0.495. The van der Waals surface area contributed by atoms with E-state index in [4.69, 9.17) is 9.57 Å². The molecule has 0 spiro atoms. The van der Waals surface area contributed by atoms with Crippen LogP contribution in [0.4, 0.5) is 10.5 Å². The zero-order valence-electron chi connectivity index (χ0n) is 21.9. The van der Waals surface area contributed by atoms with Crippen LogP contribution in [0.5, 0.6) is 0 Å². The number of fused-ring (bicyclic) bond motifs is 5. The van der Waals surface area contributed by atoms with Crippen molar-refractivity contribution in [2.45, 2.75) is 18.8 Å². The molecule has 0 fully saturated rings. The molecule has 0 N–H and O–H groups in total. The summed E-state index contributed by atoms with van der Waals surface area (Å²) in [6.07, 6.45) is 0.888. The van der Waals surface area contributed by atoms with E-state index in [9.17, 15) is 19.2 Å². The van der Waals surface area contributed by atoms with Gasteiger partial charge in [0.05, 0.1) is 22.4 Å². The maximum atomic E-state index is 13.3. The number of aryl methyl sites for hydroxylation is 1. The molecule has 2 heterocycles. The van der Waals surface area contributed by atoms with Crippen molar-refractivity contribution in [3.63, 3.8) is 0 Å². The van der Waals surface area contributed by atoms with Crippen LogP contribution in [0.15, 0.2) is 91.0 Å². The molecule has 0 saturated carbocycles. The van der Waals surface area contributed by atoms with Gasteiger partial charge in [0.25, 0.3) is 11.8 Å². The fourth-order valence-corrected chi connectivity index (χ4v) is 5.97. The highest BCUT2D eigenvalue weighted by Gasteiger charge is 2.39. The van der Waals surface area contributed by atoms with Gasteiger partial charge in [-0.15, -0.1) is 0 Å². The molecule has 0 bridgehead atoms. The molecule has 3 amide bonds. The van der Waals surface area contributed by atoms with Gasteiger partial charge in [0.1, 0.15) is 6.61 Å². The van der Waals surface area contributed by atoms with Gasteiger partial charge in [-0.3, -0.25) is 14.5 Å². The van der Waals surface area contributed by atoms with Crippen molar-refractivity contribution in [3.8, 4) is 11.1 Å². The van der Waals surface area contributed by atoms with Crippen molar-refractivity contribution in [2.75, 3.05) is 18.1 Å². The van der Waals surface area contributed by atoms with E-state index >= 15 is 0 Å². The van der Waals surface area contributed by atoms with Crippen molar-refractivity contribution >= 4 is 29.6 Å². The smallest absolute Gasteiger partial charge is 0.414 e. The SMILES string of the molecule is O=C(ON1C(=O)c2ccccc2C1=O)c1ccc2c(c1)CCCN2C(=O)OCC1c2ccccc2-c2ccccc21. The zero-order chi connectivity index (χ0) is 28.1. The van der Waals surface area contributed by atoms with Crippen molar-refractivity contribution in [3.05, 3.63) is 124 Å². The summed E-state index contributed by atoms with van der Waals surface area (Å²) in [6.45, 7) is 0.700. The van der Waals surface area contributed by atoms with Crippen molar-refractivity contribution in [1.82, 2.24) is 5.06 Å². The second-order valence-electron chi connectivity index (χ2n) is 10.2. The molecule has 3 aliphatic rings. The van der Waals surface area contributed by atoms with Gasteiger partial charge >= 0.3 is 12.1 Å². The Morgan fingerprint density at radius 1 is 0.756 bits per heavy atom. The molecule has 0 aromatic heterocycles. The second kappa shape index (κ2) is 9.75. The number of amides is 3. The first-order chi connectivity index (χ1) is 20.0. The van der Waals surface area contributed by atoms with Gasteiger partial charge < -0.3 is 9.57 Å². The van der Waals surface area contributed by atoms with Gasteiger partial charge in [0, 0.05) is 12.5 Å². The van der Waals surface area contributed by atoms with Gasteiger partial charge in [-0.2, -0.15) is 0 Å². The molecule has 0 saturated heterocycles. The maximum Gasteiger partial charge on any atom is 0.414 e. The molecule has 1 aliphatic carbocycles. The van der Waals surface area contributed by atoms with Gasteiger partial charge in [-0.1, -0.05) is 65.7 Å². The molecule has 2 aliphatic heterocycles. The summed E-state index contributed by atoms with van der Waals surface area (Å²) in [4.78, 5) is 58.2. The fraction of sp³-hybridized carbons (Fsp3) is 0.152. The largest absolute Gasteiger partial charge is 0.448 e. The Bertz CT molecular complexity index is 1680. The Hall–Kier alpha value is -5.24. The summed E-state index contributed by atoms with van der Waals surface area (Å²) in [6, 6.07) is 27.5. The van der Waals surface area contributed by atoms with Crippen LogP contribution in [-0.4, -0.2) is 42.1 Å².